The standard InChI is InChI=1S/C12H14N2O2/c1-2-10(8-13)16-12(15)7-9-5-3-4-6-11(9)14/h3-6,10H,2,7,14H2,1H3. The molecule has 2 N–H and O–H groups in total. The molecule has 0 heterocycles. The van der Waals surface area contributed by atoms with E-state index in [1.165, 1.54) is 0 Å². The molecule has 0 amide bonds. The van der Waals surface area contributed by atoms with Gasteiger partial charge in [0.15, 0.2) is 6.10 Å². The molecular weight excluding hydrogens is 204 g/mol. The smallest absolute Gasteiger partial charge is 0.311 e. The zero-order valence-electron chi connectivity index (χ0n) is 9.14. The van der Waals surface area contributed by atoms with Gasteiger partial charge in [0, 0.05) is 5.69 Å². The highest BCUT2D eigenvalue weighted by atomic mass is 16.5. The molecule has 84 valence electrons. The molecule has 4 nitrogen and oxygen atoms in total. The van der Waals surface area contributed by atoms with E-state index in [-0.39, 0.29) is 6.42 Å². The van der Waals surface area contributed by atoms with Gasteiger partial charge < -0.3 is 10.5 Å². The molecule has 0 fully saturated rings. The Morgan fingerprint density at radius 3 is 2.81 bits per heavy atom. The molecule has 0 radical (unpaired) electrons. The van der Waals surface area contributed by atoms with Crippen molar-refractivity contribution in [3.8, 4) is 6.07 Å². The quantitative estimate of drug-likeness (QED) is 0.616. The summed E-state index contributed by atoms with van der Waals surface area (Å²) in [6.07, 6.45) is -0.0744. The summed E-state index contributed by atoms with van der Waals surface area (Å²) in [5, 5.41) is 8.64. The molecule has 0 saturated heterocycles. The van der Waals surface area contributed by atoms with Gasteiger partial charge in [-0.2, -0.15) is 5.26 Å². The first-order chi connectivity index (χ1) is 7.67. The van der Waals surface area contributed by atoms with Crippen molar-refractivity contribution in [1.29, 1.82) is 5.26 Å². The number of benzene rings is 1. The molecule has 0 bridgehead atoms. The Balaban J connectivity index is 2.59. The Morgan fingerprint density at radius 2 is 2.25 bits per heavy atom. The van der Waals surface area contributed by atoms with E-state index in [9.17, 15) is 4.79 Å². The zero-order chi connectivity index (χ0) is 12.0. The van der Waals surface area contributed by atoms with Crippen molar-refractivity contribution >= 4 is 11.7 Å². The summed E-state index contributed by atoms with van der Waals surface area (Å²) in [6.45, 7) is 1.79. The number of carbonyl (C=O) groups excluding carboxylic acids is 1. The van der Waals surface area contributed by atoms with Crippen molar-refractivity contribution in [3.63, 3.8) is 0 Å². The fraction of sp³-hybridized carbons (Fsp3) is 0.333. The maximum absolute atomic E-state index is 11.5. The van der Waals surface area contributed by atoms with E-state index in [1.807, 2.05) is 6.07 Å². The van der Waals surface area contributed by atoms with E-state index in [4.69, 9.17) is 15.7 Å². The first kappa shape index (κ1) is 12.1. The van der Waals surface area contributed by atoms with Gasteiger partial charge in [-0.1, -0.05) is 25.1 Å². The summed E-state index contributed by atoms with van der Waals surface area (Å²) < 4.78 is 4.95. The fourth-order valence-electron chi connectivity index (χ4n) is 1.25. The van der Waals surface area contributed by atoms with E-state index < -0.39 is 12.1 Å². The molecule has 1 aromatic rings. The monoisotopic (exact) mass is 218 g/mol. The average molecular weight is 218 g/mol. The average Bonchev–Trinajstić information content (AvgIpc) is 2.29. The fourth-order valence-corrected chi connectivity index (χ4v) is 1.25. The normalized spacial score (nSPS) is 11.5. The molecule has 4 heteroatoms. The van der Waals surface area contributed by atoms with Gasteiger partial charge in [-0.25, -0.2) is 0 Å². The number of nitrogens with zero attached hydrogens (tertiary/aromatic N) is 1. The van der Waals surface area contributed by atoms with Crippen LogP contribution in [-0.4, -0.2) is 12.1 Å². The predicted octanol–water partition coefficient (Wildman–Crippen LogP) is 1.66. The number of hydrogen-bond acceptors (Lipinski definition) is 4. The second-order valence-electron chi connectivity index (χ2n) is 3.39. The summed E-state index contributed by atoms with van der Waals surface area (Å²) in [5.74, 6) is -0.425. The molecule has 0 saturated carbocycles. The minimum absolute atomic E-state index is 0.102. The number of nitriles is 1. The van der Waals surface area contributed by atoms with Crippen molar-refractivity contribution < 1.29 is 9.53 Å². The third-order valence-corrected chi connectivity index (χ3v) is 2.18. The van der Waals surface area contributed by atoms with Crippen molar-refractivity contribution in [3.05, 3.63) is 29.8 Å². The van der Waals surface area contributed by atoms with Gasteiger partial charge in [0.2, 0.25) is 0 Å². The van der Waals surface area contributed by atoms with Crippen LogP contribution >= 0.6 is 0 Å². The van der Waals surface area contributed by atoms with Crippen LogP contribution in [0.5, 0.6) is 0 Å². The van der Waals surface area contributed by atoms with Gasteiger partial charge in [-0.15, -0.1) is 0 Å². The molecule has 0 aliphatic carbocycles. The highest BCUT2D eigenvalue weighted by Gasteiger charge is 2.12. The molecule has 16 heavy (non-hydrogen) atoms. The minimum Gasteiger partial charge on any atom is -0.447 e. The van der Waals surface area contributed by atoms with Gasteiger partial charge in [-0.05, 0) is 18.1 Å². The number of para-hydroxylation sites is 1. The lowest BCUT2D eigenvalue weighted by atomic mass is 10.1. The van der Waals surface area contributed by atoms with Crippen LogP contribution < -0.4 is 5.73 Å². The van der Waals surface area contributed by atoms with E-state index in [0.717, 1.165) is 5.56 Å². The molecule has 0 spiro atoms. The zero-order valence-corrected chi connectivity index (χ0v) is 9.14. The number of rotatable bonds is 4. The van der Waals surface area contributed by atoms with Crippen molar-refractivity contribution in [2.75, 3.05) is 5.73 Å². The second kappa shape index (κ2) is 5.76. The van der Waals surface area contributed by atoms with Gasteiger partial charge in [0.05, 0.1) is 6.42 Å². The van der Waals surface area contributed by atoms with Crippen molar-refractivity contribution in [1.82, 2.24) is 0 Å². The maximum atomic E-state index is 11.5. The lowest BCUT2D eigenvalue weighted by Crippen LogP contribution is -2.17. The number of anilines is 1. The van der Waals surface area contributed by atoms with Crippen LogP contribution in [0.1, 0.15) is 18.9 Å². The van der Waals surface area contributed by atoms with Crippen LogP contribution in [0.25, 0.3) is 0 Å². The Hall–Kier alpha value is -2.02. The summed E-state index contributed by atoms with van der Waals surface area (Å²) in [5.41, 5.74) is 6.97. The lowest BCUT2D eigenvalue weighted by molar-refractivity contribution is -0.145. The lowest BCUT2D eigenvalue weighted by Gasteiger charge is -2.09. The van der Waals surface area contributed by atoms with Crippen LogP contribution in [0.2, 0.25) is 0 Å². The van der Waals surface area contributed by atoms with Crippen LogP contribution in [0.4, 0.5) is 5.69 Å². The molecule has 1 atom stereocenters. The Morgan fingerprint density at radius 1 is 1.56 bits per heavy atom. The molecule has 0 aliphatic rings. The molecule has 0 aromatic heterocycles. The van der Waals surface area contributed by atoms with Gasteiger partial charge in [0.25, 0.3) is 0 Å². The number of esters is 1. The first-order valence-corrected chi connectivity index (χ1v) is 5.09. The number of hydrogen-bond donors (Lipinski definition) is 1. The Bertz CT molecular complexity index is 410. The Labute approximate surface area is 94.6 Å². The number of nitrogen functional groups attached to an aromatic ring is 1. The molecule has 1 aromatic carbocycles. The van der Waals surface area contributed by atoms with E-state index in [0.29, 0.717) is 12.1 Å². The second-order valence-corrected chi connectivity index (χ2v) is 3.39. The molecule has 1 unspecified atom stereocenters. The van der Waals surface area contributed by atoms with E-state index >= 15 is 0 Å². The third kappa shape index (κ3) is 3.28. The van der Waals surface area contributed by atoms with Crippen LogP contribution in [0, 0.1) is 11.3 Å². The van der Waals surface area contributed by atoms with Gasteiger partial charge in [-0.3, -0.25) is 4.79 Å². The van der Waals surface area contributed by atoms with Crippen molar-refractivity contribution in [2.24, 2.45) is 0 Å². The molecular formula is C12H14N2O2. The highest BCUT2D eigenvalue weighted by Crippen LogP contribution is 2.12. The largest absolute Gasteiger partial charge is 0.447 e. The maximum Gasteiger partial charge on any atom is 0.311 e. The summed E-state index contributed by atoms with van der Waals surface area (Å²) in [6, 6.07) is 9.01. The summed E-state index contributed by atoms with van der Waals surface area (Å²) >= 11 is 0. The molecule has 1 rings (SSSR count). The van der Waals surface area contributed by atoms with E-state index in [2.05, 4.69) is 0 Å². The number of nitrogens with two attached hydrogens (primary N) is 1. The van der Waals surface area contributed by atoms with Crippen LogP contribution in [-0.2, 0) is 16.0 Å². The van der Waals surface area contributed by atoms with Crippen molar-refractivity contribution in [2.45, 2.75) is 25.9 Å². The summed E-state index contributed by atoms with van der Waals surface area (Å²) in [7, 11) is 0. The van der Waals surface area contributed by atoms with Gasteiger partial charge >= 0.3 is 5.97 Å². The van der Waals surface area contributed by atoms with Crippen LogP contribution in [0.3, 0.4) is 0 Å². The van der Waals surface area contributed by atoms with Crippen LogP contribution in [0.15, 0.2) is 24.3 Å². The predicted molar refractivity (Wildman–Crippen MR) is 60.3 cm³/mol. The summed E-state index contributed by atoms with van der Waals surface area (Å²) in [4.78, 5) is 11.5. The minimum atomic E-state index is -0.669. The number of ether oxygens (including phenoxy) is 1. The first-order valence-electron chi connectivity index (χ1n) is 5.09. The third-order valence-electron chi connectivity index (χ3n) is 2.18. The van der Waals surface area contributed by atoms with E-state index in [1.54, 1.807) is 31.2 Å². The topological polar surface area (TPSA) is 76.1 Å². The SMILES string of the molecule is CCC(C#N)OC(=O)Cc1ccccc1N. The Kier molecular flexibility index (Phi) is 4.34. The highest BCUT2D eigenvalue weighted by molar-refractivity contribution is 5.75. The van der Waals surface area contributed by atoms with Gasteiger partial charge in [0.1, 0.15) is 6.07 Å². The molecule has 0 aliphatic heterocycles. The number of carbonyl (C=O) groups is 1.